The lowest BCUT2D eigenvalue weighted by atomic mass is 10.1. The Balaban J connectivity index is 2.14. The van der Waals surface area contributed by atoms with Gasteiger partial charge < -0.3 is 10.5 Å². The van der Waals surface area contributed by atoms with Crippen LogP contribution in [0.3, 0.4) is 0 Å². The predicted molar refractivity (Wildman–Crippen MR) is 68.5 cm³/mol. The first-order valence-electron chi connectivity index (χ1n) is 5.22. The summed E-state index contributed by atoms with van der Waals surface area (Å²) in [5.74, 6) is -0.271. The van der Waals surface area contributed by atoms with Crippen LogP contribution in [0.2, 0.25) is 4.34 Å². The van der Waals surface area contributed by atoms with Gasteiger partial charge in [-0.1, -0.05) is 23.7 Å². The zero-order valence-corrected chi connectivity index (χ0v) is 11.0. The van der Waals surface area contributed by atoms with Gasteiger partial charge in [-0.3, -0.25) is 0 Å². The van der Waals surface area contributed by atoms with Crippen molar-refractivity contribution in [3.05, 3.63) is 51.2 Å². The third-order valence-electron chi connectivity index (χ3n) is 2.37. The summed E-state index contributed by atoms with van der Waals surface area (Å²) in [6.45, 7) is 0. The van der Waals surface area contributed by atoms with Crippen molar-refractivity contribution in [2.45, 2.75) is 12.4 Å². The second kappa shape index (κ2) is 5.40. The molecule has 2 nitrogen and oxygen atoms in total. The molecule has 1 heterocycles. The molecule has 0 aliphatic carbocycles. The molecule has 7 heteroatoms. The highest BCUT2D eigenvalue weighted by Gasteiger charge is 2.31. The minimum Gasteiger partial charge on any atom is -0.406 e. The zero-order chi connectivity index (χ0) is 14.0. The number of nitrogens with two attached hydrogens (primary N) is 1. The summed E-state index contributed by atoms with van der Waals surface area (Å²) >= 11 is 7.14. The van der Waals surface area contributed by atoms with Crippen molar-refractivity contribution in [1.29, 1.82) is 0 Å². The van der Waals surface area contributed by atoms with Crippen LogP contribution in [0.5, 0.6) is 5.75 Å². The first-order valence-corrected chi connectivity index (χ1v) is 6.41. The Kier molecular flexibility index (Phi) is 4.03. The van der Waals surface area contributed by atoms with Gasteiger partial charge in [0.05, 0.1) is 10.4 Å². The van der Waals surface area contributed by atoms with E-state index in [4.69, 9.17) is 17.3 Å². The Morgan fingerprint density at radius 2 is 1.74 bits per heavy atom. The van der Waals surface area contributed by atoms with E-state index in [0.29, 0.717) is 9.90 Å². The van der Waals surface area contributed by atoms with Gasteiger partial charge in [-0.25, -0.2) is 0 Å². The van der Waals surface area contributed by atoms with E-state index in [2.05, 4.69) is 4.74 Å². The van der Waals surface area contributed by atoms with E-state index in [1.165, 1.54) is 35.6 Å². The maximum Gasteiger partial charge on any atom is 0.573 e. The Bertz CT molecular complexity index is 553. The molecule has 0 amide bonds. The standard InChI is InChI=1S/C12H9ClF3NOS/c13-10-6-5-9(19-10)11(17)7-1-3-8(4-2-7)18-12(14,15)16/h1-6,11H,17H2. The number of rotatable bonds is 3. The molecule has 0 bridgehead atoms. The molecule has 2 aromatic rings. The Labute approximate surface area is 116 Å². The van der Waals surface area contributed by atoms with Crippen LogP contribution in [0.25, 0.3) is 0 Å². The minimum atomic E-state index is -4.69. The topological polar surface area (TPSA) is 35.2 Å². The molecule has 1 atom stereocenters. The lowest BCUT2D eigenvalue weighted by molar-refractivity contribution is -0.274. The monoisotopic (exact) mass is 307 g/mol. The molecule has 0 saturated heterocycles. The van der Waals surface area contributed by atoms with Crippen molar-refractivity contribution in [2.75, 3.05) is 0 Å². The van der Waals surface area contributed by atoms with Crippen molar-refractivity contribution < 1.29 is 17.9 Å². The van der Waals surface area contributed by atoms with Crippen molar-refractivity contribution >= 4 is 22.9 Å². The number of hydrogen-bond donors (Lipinski definition) is 1. The van der Waals surface area contributed by atoms with Gasteiger partial charge in [0, 0.05) is 4.88 Å². The lowest BCUT2D eigenvalue weighted by Crippen LogP contribution is -2.17. The van der Waals surface area contributed by atoms with Crippen molar-refractivity contribution in [2.24, 2.45) is 5.73 Å². The molecule has 2 N–H and O–H groups in total. The highest BCUT2D eigenvalue weighted by Crippen LogP contribution is 2.30. The van der Waals surface area contributed by atoms with Gasteiger partial charge in [-0.15, -0.1) is 24.5 Å². The molecular weight excluding hydrogens is 299 g/mol. The number of alkyl halides is 3. The van der Waals surface area contributed by atoms with Crippen LogP contribution >= 0.6 is 22.9 Å². The number of hydrogen-bond acceptors (Lipinski definition) is 3. The van der Waals surface area contributed by atoms with Gasteiger partial charge in [-0.2, -0.15) is 0 Å². The normalized spacial score (nSPS) is 13.3. The van der Waals surface area contributed by atoms with Crippen LogP contribution in [0, 0.1) is 0 Å². The maximum atomic E-state index is 12.0. The maximum absolute atomic E-state index is 12.0. The molecule has 0 aliphatic rings. The van der Waals surface area contributed by atoms with E-state index in [0.717, 1.165) is 4.88 Å². The Hall–Kier alpha value is -1.24. The molecule has 1 unspecified atom stereocenters. The second-order valence-corrected chi connectivity index (χ2v) is 5.48. The molecule has 0 aliphatic heterocycles. The summed E-state index contributed by atoms with van der Waals surface area (Å²) in [7, 11) is 0. The quantitative estimate of drug-likeness (QED) is 0.915. The van der Waals surface area contributed by atoms with E-state index in [9.17, 15) is 13.2 Å². The van der Waals surface area contributed by atoms with Crippen LogP contribution in [0.4, 0.5) is 13.2 Å². The van der Waals surface area contributed by atoms with E-state index in [1.807, 2.05) is 0 Å². The van der Waals surface area contributed by atoms with Gasteiger partial charge in [-0.05, 0) is 29.8 Å². The average molecular weight is 308 g/mol. The SMILES string of the molecule is NC(c1ccc(OC(F)(F)F)cc1)c1ccc(Cl)s1. The minimum absolute atomic E-state index is 0.271. The highest BCUT2D eigenvalue weighted by molar-refractivity contribution is 7.16. The second-order valence-electron chi connectivity index (χ2n) is 3.74. The van der Waals surface area contributed by atoms with E-state index >= 15 is 0 Å². The average Bonchev–Trinajstić information content (AvgIpc) is 2.74. The summed E-state index contributed by atoms with van der Waals surface area (Å²) in [5.41, 5.74) is 6.68. The van der Waals surface area contributed by atoms with E-state index in [1.54, 1.807) is 12.1 Å². The Morgan fingerprint density at radius 3 is 2.21 bits per heavy atom. The molecule has 1 aromatic heterocycles. The Morgan fingerprint density at radius 1 is 1.11 bits per heavy atom. The summed E-state index contributed by atoms with van der Waals surface area (Å²) < 4.78 is 40.4. The third kappa shape index (κ3) is 3.86. The molecule has 0 fully saturated rings. The van der Waals surface area contributed by atoms with E-state index in [-0.39, 0.29) is 5.75 Å². The van der Waals surface area contributed by atoms with Crippen LogP contribution in [-0.2, 0) is 0 Å². The molecule has 1 aromatic carbocycles. The van der Waals surface area contributed by atoms with Crippen LogP contribution < -0.4 is 10.5 Å². The van der Waals surface area contributed by atoms with E-state index < -0.39 is 12.4 Å². The fourth-order valence-electron chi connectivity index (χ4n) is 1.54. The van der Waals surface area contributed by atoms with Crippen LogP contribution in [0.1, 0.15) is 16.5 Å². The first kappa shape index (κ1) is 14.2. The van der Waals surface area contributed by atoms with Gasteiger partial charge in [0.25, 0.3) is 0 Å². The number of thiophene rings is 1. The first-order chi connectivity index (χ1) is 8.85. The van der Waals surface area contributed by atoms with Gasteiger partial charge >= 0.3 is 6.36 Å². The van der Waals surface area contributed by atoms with Gasteiger partial charge in [0.2, 0.25) is 0 Å². The molecule has 19 heavy (non-hydrogen) atoms. The fourth-order valence-corrected chi connectivity index (χ4v) is 2.63. The molecule has 0 spiro atoms. The smallest absolute Gasteiger partial charge is 0.406 e. The van der Waals surface area contributed by atoms with Crippen molar-refractivity contribution in [1.82, 2.24) is 0 Å². The number of ether oxygens (including phenoxy) is 1. The summed E-state index contributed by atoms with van der Waals surface area (Å²) in [6.07, 6.45) is -4.69. The molecule has 102 valence electrons. The summed E-state index contributed by atoms with van der Waals surface area (Å²) in [5, 5.41) is 0. The lowest BCUT2D eigenvalue weighted by Gasteiger charge is -2.12. The van der Waals surface area contributed by atoms with Gasteiger partial charge in [0.15, 0.2) is 0 Å². The largest absolute Gasteiger partial charge is 0.573 e. The van der Waals surface area contributed by atoms with Crippen LogP contribution in [-0.4, -0.2) is 6.36 Å². The highest BCUT2D eigenvalue weighted by atomic mass is 35.5. The van der Waals surface area contributed by atoms with Gasteiger partial charge in [0.1, 0.15) is 5.75 Å². The molecular formula is C12H9ClF3NOS. The van der Waals surface area contributed by atoms with Crippen molar-refractivity contribution in [3.8, 4) is 5.75 Å². The predicted octanol–water partition coefficient (Wildman–Crippen LogP) is 4.35. The molecule has 2 rings (SSSR count). The zero-order valence-electron chi connectivity index (χ0n) is 9.45. The number of halogens is 4. The fraction of sp³-hybridized carbons (Fsp3) is 0.167. The third-order valence-corrected chi connectivity index (χ3v) is 3.69. The van der Waals surface area contributed by atoms with Crippen molar-refractivity contribution in [3.63, 3.8) is 0 Å². The van der Waals surface area contributed by atoms with Crippen LogP contribution in [0.15, 0.2) is 36.4 Å². The summed E-state index contributed by atoms with van der Waals surface area (Å²) in [6, 6.07) is 8.56. The molecule has 0 saturated carbocycles. The molecule has 0 radical (unpaired) electrons. The number of benzene rings is 1. The summed E-state index contributed by atoms with van der Waals surface area (Å²) in [4.78, 5) is 0.842.